The number of halogens is 1. The number of hydrogen-bond acceptors (Lipinski definition) is 4. The van der Waals surface area contributed by atoms with Gasteiger partial charge in [-0.1, -0.05) is 25.5 Å². The van der Waals surface area contributed by atoms with Crippen molar-refractivity contribution in [2.45, 2.75) is 33.1 Å². The van der Waals surface area contributed by atoms with Crippen molar-refractivity contribution in [3.05, 3.63) is 40.8 Å². The monoisotopic (exact) mass is 290 g/mol. The summed E-state index contributed by atoms with van der Waals surface area (Å²) in [6, 6.07) is 8.28. The lowest BCUT2D eigenvalue weighted by atomic mass is 10.1. The van der Waals surface area contributed by atoms with E-state index in [0.29, 0.717) is 17.2 Å². The Morgan fingerprint density at radius 3 is 2.55 bits per heavy atom. The second-order valence-electron chi connectivity index (χ2n) is 4.77. The number of aromatic nitrogens is 2. The van der Waals surface area contributed by atoms with Gasteiger partial charge in [-0.15, -0.1) is 0 Å². The molecule has 0 atom stereocenters. The highest BCUT2D eigenvalue weighted by molar-refractivity contribution is 6.28. The van der Waals surface area contributed by atoms with Crippen LogP contribution in [0.15, 0.2) is 24.3 Å². The minimum Gasteiger partial charge on any atom is -0.394 e. The maximum atomic E-state index is 5.95. The SMILES string of the molecule is CCCCc1ccc(Nc2nc(Cl)nc(C)c2N)cc1. The van der Waals surface area contributed by atoms with Gasteiger partial charge in [0.25, 0.3) is 0 Å². The molecule has 0 amide bonds. The van der Waals surface area contributed by atoms with Crippen LogP contribution in [0.4, 0.5) is 17.2 Å². The van der Waals surface area contributed by atoms with E-state index in [9.17, 15) is 0 Å². The molecule has 20 heavy (non-hydrogen) atoms. The largest absolute Gasteiger partial charge is 0.394 e. The summed E-state index contributed by atoms with van der Waals surface area (Å²) in [5, 5.41) is 3.37. The summed E-state index contributed by atoms with van der Waals surface area (Å²) in [7, 11) is 0. The van der Waals surface area contributed by atoms with E-state index in [-0.39, 0.29) is 5.28 Å². The van der Waals surface area contributed by atoms with Gasteiger partial charge in [-0.3, -0.25) is 0 Å². The second-order valence-corrected chi connectivity index (χ2v) is 5.10. The van der Waals surface area contributed by atoms with E-state index in [1.54, 1.807) is 0 Å². The number of benzene rings is 1. The van der Waals surface area contributed by atoms with Crippen LogP contribution in [0.1, 0.15) is 31.0 Å². The minimum atomic E-state index is 0.193. The topological polar surface area (TPSA) is 63.8 Å². The van der Waals surface area contributed by atoms with Gasteiger partial charge >= 0.3 is 0 Å². The van der Waals surface area contributed by atoms with Crippen LogP contribution >= 0.6 is 11.6 Å². The first-order valence-electron chi connectivity index (χ1n) is 6.75. The molecule has 2 aromatic rings. The van der Waals surface area contributed by atoms with E-state index < -0.39 is 0 Å². The number of nitrogens with two attached hydrogens (primary N) is 1. The Labute approximate surface area is 124 Å². The van der Waals surface area contributed by atoms with Crippen molar-refractivity contribution in [1.82, 2.24) is 9.97 Å². The summed E-state index contributed by atoms with van der Waals surface area (Å²) in [4.78, 5) is 8.13. The fourth-order valence-corrected chi connectivity index (χ4v) is 2.13. The molecule has 0 fully saturated rings. The molecule has 0 bridgehead atoms. The maximum Gasteiger partial charge on any atom is 0.224 e. The number of unbranched alkanes of at least 4 members (excludes halogenated alkanes) is 1. The van der Waals surface area contributed by atoms with Gasteiger partial charge in [0.05, 0.1) is 11.4 Å². The number of hydrogen-bond donors (Lipinski definition) is 2. The average molecular weight is 291 g/mol. The molecule has 1 heterocycles. The Morgan fingerprint density at radius 2 is 1.90 bits per heavy atom. The van der Waals surface area contributed by atoms with Crippen molar-refractivity contribution in [3.8, 4) is 0 Å². The lowest BCUT2D eigenvalue weighted by molar-refractivity contribution is 0.795. The summed E-state index contributed by atoms with van der Waals surface area (Å²) in [6.07, 6.45) is 3.52. The molecule has 2 rings (SSSR count). The van der Waals surface area contributed by atoms with Gasteiger partial charge in [0.2, 0.25) is 5.28 Å². The molecular formula is C15H19ClN4. The molecule has 0 aliphatic heterocycles. The van der Waals surface area contributed by atoms with Gasteiger partial charge in [0.1, 0.15) is 0 Å². The van der Waals surface area contributed by atoms with Crippen LogP contribution < -0.4 is 11.1 Å². The Balaban J connectivity index is 2.14. The van der Waals surface area contributed by atoms with Crippen molar-refractivity contribution in [2.75, 3.05) is 11.1 Å². The second kappa shape index (κ2) is 6.57. The molecule has 5 heteroatoms. The highest BCUT2D eigenvalue weighted by Crippen LogP contribution is 2.24. The van der Waals surface area contributed by atoms with Crippen LogP contribution in [-0.2, 0) is 6.42 Å². The molecule has 0 unspecified atom stereocenters. The Bertz CT molecular complexity index is 581. The average Bonchev–Trinajstić information content (AvgIpc) is 2.43. The zero-order valence-corrected chi connectivity index (χ0v) is 12.5. The third-order valence-corrected chi connectivity index (χ3v) is 3.31. The van der Waals surface area contributed by atoms with Gasteiger partial charge in [-0.25, -0.2) is 4.98 Å². The van der Waals surface area contributed by atoms with Gasteiger partial charge in [-0.2, -0.15) is 4.98 Å². The predicted octanol–water partition coefficient (Wildman–Crippen LogP) is 4.11. The Kier molecular flexibility index (Phi) is 4.79. The minimum absolute atomic E-state index is 0.193. The molecule has 0 radical (unpaired) electrons. The van der Waals surface area contributed by atoms with Gasteiger partial charge in [-0.05, 0) is 49.1 Å². The lowest BCUT2D eigenvalue weighted by Crippen LogP contribution is -2.03. The van der Waals surface area contributed by atoms with Crippen molar-refractivity contribution in [3.63, 3.8) is 0 Å². The fourth-order valence-electron chi connectivity index (χ4n) is 1.92. The Hall–Kier alpha value is -1.81. The molecule has 0 aliphatic rings. The number of rotatable bonds is 5. The highest BCUT2D eigenvalue weighted by atomic mass is 35.5. The number of nitrogen functional groups attached to an aromatic ring is 1. The third kappa shape index (κ3) is 3.61. The van der Waals surface area contributed by atoms with Gasteiger partial charge < -0.3 is 11.1 Å². The fraction of sp³-hybridized carbons (Fsp3) is 0.333. The van der Waals surface area contributed by atoms with Crippen LogP contribution in [0.5, 0.6) is 0 Å². The van der Waals surface area contributed by atoms with Crippen LogP contribution in [-0.4, -0.2) is 9.97 Å². The van der Waals surface area contributed by atoms with E-state index in [1.807, 2.05) is 19.1 Å². The zero-order chi connectivity index (χ0) is 14.5. The quantitative estimate of drug-likeness (QED) is 0.814. The summed E-state index contributed by atoms with van der Waals surface area (Å²) < 4.78 is 0. The lowest BCUT2D eigenvalue weighted by Gasteiger charge is -2.10. The molecule has 0 saturated carbocycles. The van der Waals surface area contributed by atoms with E-state index in [1.165, 1.54) is 18.4 Å². The first-order chi connectivity index (χ1) is 9.60. The van der Waals surface area contributed by atoms with E-state index in [2.05, 4.69) is 34.3 Å². The number of nitrogens with zero attached hydrogens (tertiary/aromatic N) is 2. The van der Waals surface area contributed by atoms with Crippen LogP contribution in [0.2, 0.25) is 5.28 Å². The summed E-state index contributed by atoms with van der Waals surface area (Å²) in [6.45, 7) is 4.00. The molecule has 0 spiro atoms. The zero-order valence-electron chi connectivity index (χ0n) is 11.8. The van der Waals surface area contributed by atoms with Gasteiger partial charge in [0.15, 0.2) is 5.82 Å². The van der Waals surface area contributed by atoms with Crippen molar-refractivity contribution in [2.24, 2.45) is 0 Å². The standard InChI is InChI=1S/C15H19ClN4/c1-3-4-5-11-6-8-12(9-7-11)19-14-13(17)10(2)18-15(16)20-14/h6-9H,3-5,17H2,1-2H3,(H,18,19,20). The van der Waals surface area contributed by atoms with E-state index in [4.69, 9.17) is 17.3 Å². The molecule has 4 nitrogen and oxygen atoms in total. The molecule has 3 N–H and O–H groups in total. The van der Waals surface area contributed by atoms with Crippen LogP contribution in [0.25, 0.3) is 0 Å². The molecule has 1 aromatic carbocycles. The van der Waals surface area contributed by atoms with Crippen molar-refractivity contribution >= 4 is 28.8 Å². The smallest absolute Gasteiger partial charge is 0.224 e. The first-order valence-corrected chi connectivity index (χ1v) is 7.13. The summed E-state index contributed by atoms with van der Waals surface area (Å²) >= 11 is 5.85. The Morgan fingerprint density at radius 1 is 1.20 bits per heavy atom. The van der Waals surface area contributed by atoms with Crippen LogP contribution in [0.3, 0.4) is 0 Å². The van der Waals surface area contributed by atoms with E-state index >= 15 is 0 Å². The molecule has 1 aromatic heterocycles. The molecular weight excluding hydrogens is 272 g/mol. The number of nitrogens with one attached hydrogen (secondary N) is 1. The van der Waals surface area contributed by atoms with Crippen LogP contribution in [0, 0.1) is 6.92 Å². The third-order valence-electron chi connectivity index (χ3n) is 3.14. The number of anilines is 3. The van der Waals surface area contributed by atoms with E-state index in [0.717, 1.165) is 12.1 Å². The molecule has 106 valence electrons. The van der Waals surface area contributed by atoms with Crippen molar-refractivity contribution < 1.29 is 0 Å². The highest BCUT2D eigenvalue weighted by Gasteiger charge is 2.07. The van der Waals surface area contributed by atoms with Gasteiger partial charge in [0, 0.05) is 5.69 Å². The van der Waals surface area contributed by atoms with Crippen molar-refractivity contribution in [1.29, 1.82) is 0 Å². The molecule has 0 saturated heterocycles. The summed E-state index contributed by atoms with van der Waals surface area (Å²) in [5.41, 5.74) is 9.41. The summed E-state index contributed by atoms with van der Waals surface area (Å²) in [5.74, 6) is 0.545. The first kappa shape index (κ1) is 14.6. The normalized spacial score (nSPS) is 10.6. The maximum absolute atomic E-state index is 5.95. The predicted molar refractivity (Wildman–Crippen MR) is 84.5 cm³/mol. The number of aryl methyl sites for hydroxylation is 2. The molecule has 0 aliphatic carbocycles.